The van der Waals surface area contributed by atoms with E-state index in [2.05, 4.69) is 20.9 Å². The van der Waals surface area contributed by atoms with Crippen LogP contribution in [0.3, 0.4) is 0 Å². The molecule has 1 N–H and O–H groups in total. The lowest BCUT2D eigenvalue weighted by Crippen LogP contribution is -2.37. The first-order valence-electron chi connectivity index (χ1n) is 7.13. The van der Waals surface area contributed by atoms with Crippen LogP contribution < -0.4 is 4.90 Å². The molecule has 2 heterocycles. The second-order valence-corrected chi connectivity index (χ2v) is 5.09. The molecule has 0 amide bonds. The van der Waals surface area contributed by atoms with Crippen molar-refractivity contribution >= 4 is 22.7 Å². The lowest BCUT2D eigenvalue weighted by atomic mass is 9.96. The predicted molar refractivity (Wildman–Crippen MR) is 77.7 cm³/mol. The van der Waals surface area contributed by atoms with Gasteiger partial charge in [0.1, 0.15) is 5.52 Å². The molecule has 1 aromatic carbocycles. The summed E-state index contributed by atoms with van der Waals surface area (Å²) in [5.74, 6) is -0.00489. The topological polar surface area (TPSA) is 58.2 Å². The smallest absolute Gasteiger partial charge is 0.309 e. The van der Waals surface area contributed by atoms with Crippen LogP contribution in [0.1, 0.15) is 19.8 Å². The minimum atomic E-state index is -0.0508. The Morgan fingerprint density at radius 3 is 3.00 bits per heavy atom. The van der Waals surface area contributed by atoms with Crippen LogP contribution in [0.2, 0.25) is 0 Å². The summed E-state index contributed by atoms with van der Waals surface area (Å²) in [5, 5.41) is 0. The van der Waals surface area contributed by atoms with Crippen LogP contribution in [-0.4, -0.2) is 35.6 Å². The molecule has 1 aliphatic rings. The van der Waals surface area contributed by atoms with Crippen LogP contribution in [0.15, 0.2) is 24.5 Å². The maximum absolute atomic E-state index is 11.8. The van der Waals surface area contributed by atoms with Crippen LogP contribution in [0.5, 0.6) is 0 Å². The van der Waals surface area contributed by atoms with Gasteiger partial charge in [-0.2, -0.15) is 0 Å². The molecule has 5 nitrogen and oxygen atoms in total. The minimum absolute atomic E-state index is 0.0459. The van der Waals surface area contributed by atoms with E-state index in [-0.39, 0.29) is 11.9 Å². The van der Waals surface area contributed by atoms with Gasteiger partial charge in [-0.15, -0.1) is 0 Å². The van der Waals surface area contributed by atoms with Gasteiger partial charge in [-0.05, 0) is 31.9 Å². The average molecular weight is 273 g/mol. The van der Waals surface area contributed by atoms with Gasteiger partial charge in [-0.25, -0.2) is 4.98 Å². The van der Waals surface area contributed by atoms with Crippen molar-refractivity contribution in [2.24, 2.45) is 5.92 Å². The normalized spacial score (nSPS) is 16.6. The number of rotatable bonds is 3. The number of nitrogens with zero attached hydrogens (tertiary/aromatic N) is 2. The number of ether oxygens (including phenoxy) is 1. The van der Waals surface area contributed by atoms with Crippen molar-refractivity contribution in [2.75, 3.05) is 24.6 Å². The maximum Gasteiger partial charge on any atom is 0.309 e. The first-order chi connectivity index (χ1) is 9.79. The molecule has 0 spiro atoms. The second-order valence-electron chi connectivity index (χ2n) is 5.09. The summed E-state index contributed by atoms with van der Waals surface area (Å²) in [4.78, 5) is 21.6. The van der Waals surface area contributed by atoms with Crippen LogP contribution in [-0.2, 0) is 9.53 Å². The zero-order chi connectivity index (χ0) is 13.9. The first-order valence-corrected chi connectivity index (χ1v) is 7.13. The third-order valence-electron chi connectivity index (χ3n) is 3.88. The number of nitrogens with one attached hydrogen (secondary N) is 1. The van der Waals surface area contributed by atoms with Crippen molar-refractivity contribution in [1.29, 1.82) is 0 Å². The molecule has 20 heavy (non-hydrogen) atoms. The lowest BCUT2D eigenvalue weighted by Gasteiger charge is -2.32. The van der Waals surface area contributed by atoms with E-state index in [0.717, 1.165) is 42.7 Å². The molecule has 3 rings (SSSR count). The number of benzene rings is 1. The second kappa shape index (κ2) is 5.53. The monoisotopic (exact) mass is 273 g/mol. The summed E-state index contributed by atoms with van der Waals surface area (Å²) in [5.41, 5.74) is 3.20. The molecule has 0 atom stereocenters. The molecule has 1 aliphatic heterocycles. The maximum atomic E-state index is 11.8. The number of esters is 1. The molecule has 2 aromatic rings. The lowest BCUT2D eigenvalue weighted by molar-refractivity contribution is -0.148. The van der Waals surface area contributed by atoms with E-state index in [0.29, 0.717) is 6.61 Å². The number of fused-ring (bicyclic) bond motifs is 1. The van der Waals surface area contributed by atoms with Gasteiger partial charge in [0.2, 0.25) is 0 Å². The van der Waals surface area contributed by atoms with E-state index in [1.54, 1.807) is 6.33 Å². The number of para-hydroxylation sites is 1. The van der Waals surface area contributed by atoms with E-state index in [4.69, 9.17) is 4.74 Å². The number of anilines is 1. The van der Waals surface area contributed by atoms with E-state index in [9.17, 15) is 4.79 Å². The number of piperidine rings is 1. The SMILES string of the molecule is CCOC(=O)C1CCN(c2cccc3[nH]cnc23)CC1. The van der Waals surface area contributed by atoms with Gasteiger partial charge in [0.25, 0.3) is 0 Å². The average Bonchev–Trinajstić information content (AvgIpc) is 2.96. The number of hydrogen-bond donors (Lipinski definition) is 1. The Morgan fingerprint density at radius 2 is 2.25 bits per heavy atom. The molecule has 0 bridgehead atoms. The van der Waals surface area contributed by atoms with Gasteiger partial charge in [-0.1, -0.05) is 6.07 Å². The fourth-order valence-electron chi connectivity index (χ4n) is 2.82. The Labute approximate surface area is 117 Å². The van der Waals surface area contributed by atoms with Crippen molar-refractivity contribution in [1.82, 2.24) is 9.97 Å². The number of carbonyl (C=O) groups is 1. The summed E-state index contributed by atoms with van der Waals surface area (Å²) < 4.78 is 5.11. The largest absolute Gasteiger partial charge is 0.466 e. The summed E-state index contributed by atoms with van der Waals surface area (Å²) in [6.45, 7) is 4.06. The van der Waals surface area contributed by atoms with Crippen LogP contribution in [0.25, 0.3) is 11.0 Å². The molecule has 5 heteroatoms. The van der Waals surface area contributed by atoms with Crippen molar-refractivity contribution < 1.29 is 9.53 Å². The Kier molecular flexibility index (Phi) is 3.58. The Bertz CT molecular complexity index is 600. The molecule has 0 aliphatic carbocycles. The van der Waals surface area contributed by atoms with E-state index in [1.165, 1.54) is 0 Å². The minimum Gasteiger partial charge on any atom is -0.466 e. The van der Waals surface area contributed by atoms with Crippen LogP contribution in [0.4, 0.5) is 5.69 Å². The number of carbonyl (C=O) groups excluding carboxylic acids is 1. The third-order valence-corrected chi connectivity index (χ3v) is 3.88. The molecule has 1 fully saturated rings. The highest BCUT2D eigenvalue weighted by molar-refractivity contribution is 5.88. The Hall–Kier alpha value is -2.04. The molecule has 106 valence electrons. The van der Waals surface area contributed by atoms with E-state index >= 15 is 0 Å². The van der Waals surface area contributed by atoms with Crippen LogP contribution in [0, 0.1) is 5.92 Å². The Morgan fingerprint density at radius 1 is 1.45 bits per heavy atom. The van der Waals surface area contributed by atoms with Gasteiger partial charge in [-0.3, -0.25) is 4.79 Å². The van der Waals surface area contributed by atoms with E-state index < -0.39 is 0 Å². The highest BCUT2D eigenvalue weighted by Gasteiger charge is 2.26. The zero-order valence-electron chi connectivity index (χ0n) is 11.6. The highest BCUT2D eigenvalue weighted by atomic mass is 16.5. The fourth-order valence-corrected chi connectivity index (χ4v) is 2.82. The van der Waals surface area contributed by atoms with Crippen molar-refractivity contribution in [3.8, 4) is 0 Å². The Balaban J connectivity index is 1.72. The highest BCUT2D eigenvalue weighted by Crippen LogP contribution is 2.28. The molecule has 1 saturated heterocycles. The van der Waals surface area contributed by atoms with Gasteiger partial charge < -0.3 is 14.6 Å². The van der Waals surface area contributed by atoms with Crippen molar-refractivity contribution in [3.05, 3.63) is 24.5 Å². The van der Waals surface area contributed by atoms with Gasteiger partial charge in [0.15, 0.2) is 0 Å². The summed E-state index contributed by atoms with van der Waals surface area (Å²) in [7, 11) is 0. The van der Waals surface area contributed by atoms with E-state index in [1.807, 2.05) is 19.1 Å². The first kappa shape index (κ1) is 13.0. The predicted octanol–water partition coefficient (Wildman–Crippen LogP) is 2.34. The molecule has 1 aromatic heterocycles. The van der Waals surface area contributed by atoms with Crippen molar-refractivity contribution in [3.63, 3.8) is 0 Å². The fraction of sp³-hybridized carbons (Fsp3) is 0.467. The zero-order valence-corrected chi connectivity index (χ0v) is 11.6. The third kappa shape index (κ3) is 2.35. The van der Waals surface area contributed by atoms with Gasteiger partial charge >= 0.3 is 5.97 Å². The molecular formula is C15H19N3O2. The quantitative estimate of drug-likeness (QED) is 0.872. The molecule has 0 radical (unpaired) electrons. The molecular weight excluding hydrogens is 254 g/mol. The number of aromatic nitrogens is 2. The van der Waals surface area contributed by atoms with Gasteiger partial charge in [0, 0.05) is 13.1 Å². The number of aromatic amines is 1. The molecule has 0 unspecified atom stereocenters. The van der Waals surface area contributed by atoms with Gasteiger partial charge in [0.05, 0.1) is 30.1 Å². The van der Waals surface area contributed by atoms with Crippen molar-refractivity contribution in [2.45, 2.75) is 19.8 Å². The standard InChI is InChI=1S/C15H19N3O2/c1-2-20-15(19)11-6-8-18(9-7-11)13-5-3-4-12-14(13)17-10-16-12/h3-5,10-11H,2,6-9H2,1H3,(H,16,17). The molecule has 0 saturated carbocycles. The number of imidazole rings is 1. The summed E-state index contributed by atoms with van der Waals surface area (Å²) in [6.07, 6.45) is 3.42. The number of H-pyrrole nitrogens is 1. The summed E-state index contributed by atoms with van der Waals surface area (Å²) >= 11 is 0. The van der Waals surface area contributed by atoms with Crippen LogP contribution >= 0.6 is 0 Å². The number of hydrogen-bond acceptors (Lipinski definition) is 4. The summed E-state index contributed by atoms with van der Waals surface area (Å²) in [6, 6.07) is 6.15.